The molecule has 0 spiro atoms. The molecule has 1 saturated carbocycles. The molecule has 1 fully saturated rings. The summed E-state index contributed by atoms with van der Waals surface area (Å²) in [6, 6.07) is 5.14. The Bertz CT molecular complexity index is 637. The topological polar surface area (TPSA) is 21.3 Å². The Hall–Kier alpha value is -2.05. The monoisotopic (exact) mass is 331 g/mol. The van der Waals surface area contributed by atoms with Gasteiger partial charge in [-0.1, -0.05) is 24.3 Å². The van der Waals surface area contributed by atoms with Crippen LogP contribution in [0.3, 0.4) is 0 Å². The van der Waals surface area contributed by atoms with Gasteiger partial charge in [0.1, 0.15) is 5.75 Å². The van der Waals surface area contributed by atoms with Gasteiger partial charge in [-0.3, -0.25) is 0 Å². The molecule has 1 aliphatic carbocycles. The molecule has 0 bridgehead atoms. The van der Waals surface area contributed by atoms with E-state index < -0.39 is 17.7 Å². The van der Waals surface area contributed by atoms with Crippen LogP contribution < -0.4 is 10.1 Å². The third-order valence-corrected chi connectivity index (χ3v) is 4.10. The van der Waals surface area contributed by atoms with Gasteiger partial charge in [-0.2, -0.15) is 0 Å². The molecule has 1 N–H and O–H groups in total. The molecular weight excluding hydrogens is 317 g/mol. The van der Waals surface area contributed by atoms with Crippen LogP contribution in [0, 0.1) is 0 Å². The molecule has 0 saturated heterocycles. The van der Waals surface area contributed by atoms with Crippen LogP contribution in [-0.4, -0.2) is 18.8 Å². The lowest BCUT2D eigenvalue weighted by Gasteiger charge is -2.49. The molecule has 1 aliphatic heterocycles. The van der Waals surface area contributed by atoms with Crippen LogP contribution in [0.15, 0.2) is 48.2 Å². The van der Waals surface area contributed by atoms with Crippen LogP contribution >= 0.6 is 0 Å². The number of hydrogen-bond donors (Lipinski definition) is 1. The molecule has 0 aromatic heterocycles. The second kappa shape index (κ2) is 5.25. The van der Waals surface area contributed by atoms with E-state index in [9.17, 15) is 22.0 Å². The van der Waals surface area contributed by atoms with E-state index in [0.29, 0.717) is 17.7 Å². The number of benzene rings is 1. The van der Waals surface area contributed by atoms with Crippen molar-refractivity contribution in [3.63, 3.8) is 0 Å². The minimum Gasteiger partial charge on any atom is -0.406 e. The summed E-state index contributed by atoms with van der Waals surface area (Å²) in [6.07, 6.45) is -0.203. The van der Waals surface area contributed by atoms with Crippen LogP contribution in [0.1, 0.15) is 18.4 Å². The summed E-state index contributed by atoms with van der Waals surface area (Å²) >= 11 is 0. The molecule has 0 unspecified atom stereocenters. The Morgan fingerprint density at radius 2 is 1.70 bits per heavy atom. The third-order valence-electron chi connectivity index (χ3n) is 4.10. The largest absolute Gasteiger partial charge is 0.573 e. The lowest BCUT2D eigenvalue weighted by atomic mass is 9.58. The quantitative estimate of drug-likeness (QED) is 0.834. The van der Waals surface area contributed by atoms with E-state index in [4.69, 9.17) is 0 Å². The number of dihydropyridines is 1. The molecule has 0 radical (unpaired) electrons. The van der Waals surface area contributed by atoms with E-state index >= 15 is 0 Å². The zero-order valence-corrected chi connectivity index (χ0v) is 12.0. The van der Waals surface area contributed by atoms with Crippen LogP contribution in [0.4, 0.5) is 22.0 Å². The Balaban J connectivity index is 1.90. The molecule has 1 aromatic carbocycles. The second-order valence-corrected chi connectivity index (χ2v) is 5.77. The predicted octanol–water partition coefficient (Wildman–Crippen LogP) is 4.30. The van der Waals surface area contributed by atoms with E-state index in [0.717, 1.165) is 12.1 Å². The van der Waals surface area contributed by atoms with Gasteiger partial charge in [0.15, 0.2) is 0 Å². The maximum atomic E-state index is 13.5. The minimum absolute atomic E-state index is 0.364. The lowest BCUT2D eigenvalue weighted by molar-refractivity contribution is -0.274. The van der Waals surface area contributed by atoms with Crippen molar-refractivity contribution in [3.8, 4) is 5.75 Å². The summed E-state index contributed by atoms with van der Waals surface area (Å²) in [4.78, 5) is 0. The molecule has 0 atom stereocenters. The van der Waals surface area contributed by atoms with Crippen molar-refractivity contribution in [2.45, 2.75) is 30.5 Å². The molecule has 7 heteroatoms. The first-order valence-electron chi connectivity index (χ1n) is 7.05. The SMILES string of the molecule is FC1(F)CC(C2=CNCC=C2)(c2ccc(OC(F)(F)F)cc2)C1. The first-order chi connectivity index (χ1) is 10.7. The average Bonchev–Trinajstić information content (AvgIpc) is 2.44. The van der Waals surface area contributed by atoms with E-state index in [2.05, 4.69) is 10.1 Å². The standard InChI is InChI=1S/C16H14F5NO/c17-15(18)9-14(10-15,12-2-1-7-22-8-12)11-3-5-13(6-4-11)23-16(19,20)21/h1-6,8,22H,7,9-10H2. The van der Waals surface area contributed by atoms with Gasteiger partial charge < -0.3 is 10.1 Å². The highest BCUT2D eigenvalue weighted by molar-refractivity contribution is 5.48. The number of ether oxygens (including phenoxy) is 1. The lowest BCUT2D eigenvalue weighted by Crippen LogP contribution is -2.50. The highest BCUT2D eigenvalue weighted by Crippen LogP contribution is 2.57. The zero-order valence-electron chi connectivity index (χ0n) is 12.0. The molecule has 2 aliphatic rings. The smallest absolute Gasteiger partial charge is 0.406 e. The van der Waals surface area contributed by atoms with Crippen molar-refractivity contribution >= 4 is 0 Å². The fourth-order valence-corrected chi connectivity index (χ4v) is 3.15. The maximum Gasteiger partial charge on any atom is 0.573 e. The molecular formula is C16H14F5NO. The van der Waals surface area contributed by atoms with E-state index in [1.807, 2.05) is 6.08 Å². The molecule has 3 rings (SSSR count). The highest BCUT2D eigenvalue weighted by atomic mass is 19.4. The number of nitrogens with one attached hydrogen (secondary N) is 1. The predicted molar refractivity (Wildman–Crippen MR) is 74.2 cm³/mol. The Kier molecular flexibility index (Phi) is 3.61. The molecule has 1 heterocycles. The average molecular weight is 331 g/mol. The van der Waals surface area contributed by atoms with Gasteiger partial charge in [0.25, 0.3) is 5.92 Å². The summed E-state index contributed by atoms with van der Waals surface area (Å²) in [6.45, 7) is 0.619. The third kappa shape index (κ3) is 3.18. The van der Waals surface area contributed by atoms with Gasteiger partial charge >= 0.3 is 6.36 Å². The molecule has 23 heavy (non-hydrogen) atoms. The maximum absolute atomic E-state index is 13.5. The fraction of sp³-hybridized carbons (Fsp3) is 0.375. The number of rotatable bonds is 3. The van der Waals surface area contributed by atoms with Crippen LogP contribution in [0.2, 0.25) is 0 Å². The van der Waals surface area contributed by atoms with Crippen molar-refractivity contribution in [3.05, 3.63) is 53.8 Å². The number of alkyl halides is 5. The Morgan fingerprint density at radius 1 is 1.04 bits per heavy atom. The van der Waals surface area contributed by atoms with Gasteiger partial charge in [-0.25, -0.2) is 8.78 Å². The van der Waals surface area contributed by atoms with Gasteiger partial charge in [0.2, 0.25) is 0 Å². The van der Waals surface area contributed by atoms with E-state index in [1.54, 1.807) is 12.3 Å². The van der Waals surface area contributed by atoms with Crippen LogP contribution in [0.25, 0.3) is 0 Å². The Labute approximate surface area is 129 Å². The summed E-state index contributed by atoms with van der Waals surface area (Å²) in [5.74, 6) is -3.14. The van der Waals surface area contributed by atoms with Crippen molar-refractivity contribution in [2.24, 2.45) is 0 Å². The van der Waals surface area contributed by atoms with Gasteiger partial charge in [0, 0.05) is 31.0 Å². The van der Waals surface area contributed by atoms with Crippen LogP contribution in [-0.2, 0) is 5.41 Å². The number of allylic oxidation sites excluding steroid dienone is 2. The van der Waals surface area contributed by atoms with Gasteiger partial charge in [-0.15, -0.1) is 13.2 Å². The summed E-state index contributed by atoms with van der Waals surface area (Å²) < 4.78 is 67.5. The number of halogens is 5. The van der Waals surface area contributed by atoms with Crippen molar-refractivity contribution in [1.29, 1.82) is 0 Å². The Morgan fingerprint density at radius 3 is 2.17 bits per heavy atom. The molecule has 2 nitrogen and oxygen atoms in total. The summed E-state index contributed by atoms with van der Waals surface area (Å²) in [5.41, 5.74) is 0.376. The van der Waals surface area contributed by atoms with Crippen molar-refractivity contribution in [1.82, 2.24) is 5.32 Å². The first kappa shape index (κ1) is 15.8. The summed E-state index contributed by atoms with van der Waals surface area (Å²) in [7, 11) is 0. The summed E-state index contributed by atoms with van der Waals surface area (Å²) in [5, 5.41) is 2.98. The van der Waals surface area contributed by atoms with Gasteiger partial charge in [-0.05, 0) is 23.3 Å². The molecule has 1 aromatic rings. The number of hydrogen-bond acceptors (Lipinski definition) is 2. The zero-order chi connectivity index (χ0) is 16.7. The van der Waals surface area contributed by atoms with Crippen molar-refractivity contribution in [2.75, 3.05) is 6.54 Å². The fourth-order valence-electron chi connectivity index (χ4n) is 3.15. The molecule has 124 valence electrons. The molecule has 0 amide bonds. The van der Waals surface area contributed by atoms with E-state index in [1.165, 1.54) is 12.1 Å². The van der Waals surface area contributed by atoms with Gasteiger partial charge in [0.05, 0.1) is 0 Å². The minimum atomic E-state index is -4.78. The first-order valence-corrected chi connectivity index (χ1v) is 7.05. The second-order valence-electron chi connectivity index (χ2n) is 5.77. The highest BCUT2D eigenvalue weighted by Gasteiger charge is 2.58. The normalized spacial score (nSPS) is 21.9. The van der Waals surface area contributed by atoms with Crippen molar-refractivity contribution < 1.29 is 26.7 Å². The van der Waals surface area contributed by atoms with Crippen LogP contribution in [0.5, 0.6) is 5.75 Å². The van der Waals surface area contributed by atoms with E-state index in [-0.39, 0.29) is 18.6 Å².